The van der Waals surface area contributed by atoms with Crippen molar-refractivity contribution in [2.75, 3.05) is 0 Å². The number of Topliss-reactive ketones (excluding diaryl/α,β-unsaturated/α-hetero) is 1. The molecule has 0 N–H and O–H groups in total. The Balaban J connectivity index is 2.24. The molecule has 0 radical (unpaired) electrons. The van der Waals surface area contributed by atoms with Crippen molar-refractivity contribution in [1.29, 1.82) is 0 Å². The SMILES string of the molecule is CC(=O)[C@@H]1C[C@H]1CC=O. The van der Waals surface area contributed by atoms with Crippen LogP contribution in [0.25, 0.3) is 0 Å². The highest BCUT2D eigenvalue weighted by atomic mass is 16.1. The van der Waals surface area contributed by atoms with E-state index in [1.807, 2.05) is 0 Å². The van der Waals surface area contributed by atoms with Crippen LogP contribution in [0.2, 0.25) is 0 Å². The van der Waals surface area contributed by atoms with E-state index in [2.05, 4.69) is 0 Å². The Morgan fingerprint density at radius 3 is 2.78 bits per heavy atom. The van der Waals surface area contributed by atoms with E-state index >= 15 is 0 Å². The first-order valence-corrected chi connectivity index (χ1v) is 3.19. The van der Waals surface area contributed by atoms with Crippen LogP contribution in [0.15, 0.2) is 0 Å². The van der Waals surface area contributed by atoms with Crippen LogP contribution < -0.4 is 0 Å². The average molecular weight is 126 g/mol. The normalized spacial score (nSPS) is 31.7. The van der Waals surface area contributed by atoms with Crippen LogP contribution >= 0.6 is 0 Å². The highest BCUT2D eigenvalue weighted by Gasteiger charge is 2.39. The van der Waals surface area contributed by atoms with Gasteiger partial charge in [0.2, 0.25) is 0 Å². The van der Waals surface area contributed by atoms with Crippen LogP contribution in [0, 0.1) is 11.8 Å². The Labute approximate surface area is 54.2 Å². The molecule has 0 unspecified atom stereocenters. The van der Waals surface area contributed by atoms with Crippen molar-refractivity contribution in [3.63, 3.8) is 0 Å². The van der Waals surface area contributed by atoms with Crippen molar-refractivity contribution < 1.29 is 9.59 Å². The van der Waals surface area contributed by atoms with E-state index in [0.717, 1.165) is 12.7 Å². The number of ketones is 1. The third kappa shape index (κ3) is 1.37. The zero-order chi connectivity index (χ0) is 6.85. The van der Waals surface area contributed by atoms with Crippen molar-refractivity contribution in [2.24, 2.45) is 11.8 Å². The van der Waals surface area contributed by atoms with Crippen LogP contribution in [0.4, 0.5) is 0 Å². The second kappa shape index (κ2) is 2.29. The first-order chi connectivity index (χ1) is 4.25. The summed E-state index contributed by atoms with van der Waals surface area (Å²) >= 11 is 0. The molecule has 0 bridgehead atoms. The topological polar surface area (TPSA) is 34.1 Å². The molecule has 1 saturated carbocycles. The van der Waals surface area contributed by atoms with Crippen molar-refractivity contribution in [3.05, 3.63) is 0 Å². The molecule has 9 heavy (non-hydrogen) atoms. The first kappa shape index (κ1) is 6.46. The lowest BCUT2D eigenvalue weighted by Crippen LogP contribution is -1.94. The maximum absolute atomic E-state index is 10.6. The van der Waals surface area contributed by atoms with E-state index in [0.29, 0.717) is 12.3 Å². The van der Waals surface area contributed by atoms with Gasteiger partial charge in [-0.2, -0.15) is 0 Å². The zero-order valence-electron chi connectivity index (χ0n) is 5.46. The Morgan fingerprint density at radius 2 is 2.44 bits per heavy atom. The van der Waals surface area contributed by atoms with Crippen molar-refractivity contribution >= 4 is 12.1 Å². The molecule has 0 aromatic heterocycles. The van der Waals surface area contributed by atoms with Gasteiger partial charge in [-0.1, -0.05) is 0 Å². The smallest absolute Gasteiger partial charge is 0.133 e. The summed E-state index contributed by atoms with van der Waals surface area (Å²) in [6.07, 6.45) is 2.41. The Morgan fingerprint density at radius 1 is 1.78 bits per heavy atom. The van der Waals surface area contributed by atoms with E-state index in [4.69, 9.17) is 0 Å². The van der Waals surface area contributed by atoms with Crippen molar-refractivity contribution in [3.8, 4) is 0 Å². The largest absolute Gasteiger partial charge is 0.303 e. The molecule has 1 aliphatic carbocycles. The summed E-state index contributed by atoms with van der Waals surface area (Å²) in [6, 6.07) is 0. The van der Waals surface area contributed by atoms with Gasteiger partial charge in [-0.3, -0.25) is 4.79 Å². The van der Waals surface area contributed by atoms with Gasteiger partial charge >= 0.3 is 0 Å². The van der Waals surface area contributed by atoms with Gasteiger partial charge in [-0.05, 0) is 19.3 Å². The van der Waals surface area contributed by atoms with Gasteiger partial charge in [-0.15, -0.1) is 0 Å². The van der Waals surface area contributed by atoms with E-state index in [1.54, 1.807) is 6.92 Å². The molecule has 1 fully saturated rings. The second-order valence-corrected chi connectivity index (χ2v) is 2.62. The Hall–Kier alpha value is -0.660. The van der Waals surface area contributed by atoms with Gasteiger partial charge < -0.3 is 4.79 Å². The maximum atomic E-state index is 10.6. The number of aldehydes is 1. The lowest BCUT2D eigenvalue weighted by atomic mass is 10.2. The van der Waals surface area contributed by atoms with Gasteiger partial charge in [0.05, 0.1) is 0 Å². The van der Waals surface area contributed by atoms with Gasteiger partial charge in [0, 0.05) is 12.3 Å². The molecule has 2 nitrogen and oxygen atoms in total. The molecule has 0 heterocycles. The standard InChI is InChI=1S/C7H10O2/c1-5(9)7-4-6(7)2-3-8/h3,6-7H,2,4H2,1H3/t6-,7+/m1/s1. The monoisotopic (exact) mass is 126 g/mol. The fraction of sp³-hybridized carbons (Fsp3) is 0.714. The Bertz CT molecular complexity index is 140. The minimum absolute atomic E-state index is 0.218. The molecular weight excluding hydrogens is 116 g/mol. The number of carbonyl (C=O) groups is 2. The van der Waals surface area contributed by atoms with Gasteiger partial charge in [0.15, 0.2) is 0 Å². The zero-order valence-corrected chi connectivity index (χ0v) is 5.46. The summed E-state index contributed by atoms with van der Waals surface area (Å²) in [6.45, 7) is 1.59. The Kier molecular flexibility index (Phi) is 1.65. The fourth-order valence-corrected chi connectivity index (χ4v) is 1.13. The summed E-state index contributed by atoms with van der Waals surface area (Å²) in [7, 11) is 0. The molecule has 2 heteroatoms. The predicted molar refractivity (Wildman–Crippen MR) is 33.0 cm³/mol. The lowest BCUT2D eigenvalue weighted by molar-refractivity contribution is -0.118. The van der Waals surface area contributed by atoms with Crippen LogP contribution in [0.1, 0.15) is 19.8 Å². The third-order valence-corrected chi connectivity index (χ3v) is 1.84. The second-order valence-electron chi connectivity index (χ2n) is 2.62. The molecule has 50 valence electrons. The van der Waals surface area contributed by atoms with Gasteiger partial charge in [-0.25, -0.2) is 0 Å². The van der Waals surface area contributed by atoms with Crippen LogP contribution in [-0.4, -0.2) is 12.1 Å². The highest BCUT2D eigenvalue weighted by Crippen LogP contribution is 2.40. The quantitative estimate of drug-likeness (QED) is 0.524. The minimum Gasteiger partial charge on any atom is -0.303 e. The summed E-state index contributed by atoms with van der Waals surface area (Å²) in [5.74, 6) is 0.844. The summed E-state index contributed by atoms with van der Waals surface area (Å²) in [5, 5.41) is 0. The molecule has 0 saturated heterocycles. The molecule has 0 spiro atoms. The average Bonchev–Trinajstić information content (AvgIpc) is 2.47. The number of rotatable bonds is 3. The lowest BCUT2D eigenvalue weighted by Gasteiger charge is -1.85. The predicted octanol–water partition coefficient (Wildman–Crippen LogP) is 0.800. The van der Waals surface area contributed by atoms with Crippen LogP contribution in [-0.2, 0) is 9.59 Å². The molecule has 1 aliphatic rings. The van der Waals surface area contributed by atoms with Crippen LogP contribution in [0.3, 0.4) is 0 Å². The minimum atomic E-state index is 0.218. The van der Waals surface area contributed by atoms with Crippen LogP contribution in [0.5, 0.6) is 0 Å². The summed E-state index contributed by atoms with van der Waals surface area (Å²) in [4.78, 5) is 20.5. The fourth-order valence-electron chi connectivity index (χ4n) is 1.13. The van der Waals surface area contributed by atoms with E-state index < -0.39 is 0 Å². The van der Waals surface area contributed by atoms with Crippen molar-refractivity contribution in [1.82, 2.24) is 0 Å². The maximum Gasteiger partial charge on any atom is 0.133 e. The van der Waals surface area contributed by atoms with Gasteiger partial charge in [0.25, 0.3) is 0 Å². The third-order valence-electron chi connectivity index (χ3n) is 1.84. The van der Waals surface area contributed by atoms with E-state index in [9.17, 15) is 9.59 Å². The molecule has 0 aliphatic heterocycles. The molecule has 0 aromatic carbocycles. The highest BCUT2D eigenvalue weighted by molar-refractivity contribution is 5.81. The molecule has 2 atom stereocenters. The number of carbonyl (C=O) groups excluding carboxylic acids is 2. The molecular formula is C7H10O2. The molecule has 1 rings (SSSR count). The number of hydrogen-bond acceptors (Lipinski definition) is 2. The number of hydrogen-bond donors (Lipinski definition) is 0. The molecule has 0 amide bonds. The summed E-state index contributed by atoms with van der Waals surface area (Å²) < 4.78 is 0. The molecule has 0 aromatic rings. The van der Waals surface area contributed by atoms with E-state index in [1.165, 1.54) is 0 Å². The van der Waals surface area contributed by atoms with Gasteiger partial charge in [0.1, 0.15) is 12.1 Å². The first-order valence-electron chi connectivity index (χ1n) is 3.19. The van der Waals surface area contributed by atoms with E-state index in [-0.39, 0.29) is 11.7 Å². The van der Waals surface area contributed by atoms with Crippen molar-refractivity contribution in [2.45, 2.75) is 19.8 Å². The summed E-state index contributed by atoms with van der Waals surface area (Å²) in [5.41, 5.74) is 0.